The van der Waals surface area contributed by atoms with Gasteiger partial charge in [-0.15, -0.1) is 11.6 Å². The molecule has 1 aliphatic heterocycles. The van der Waals surface area contributed by atoms with E-state index < -0.39 is 23.5 Å². The van der Waals surface area contributed by atoms with E-state index in [-0.39, 0.29) is 17.6 Å². The highest BCUT2D eigenvalue weighted by Crippen LogP contribution is 2.31. The van der Waals surface area contributed by atoms with Crippen molar-refractivity contribution < 1.29 is 19.1 Å². The lowest BCUT2D eigenvalue weighted by molar-refractivity contribution is -0.119. The number of amides is 3. The number of nitrogens with zero attached hydrogens (tertiary/aromatic N) is 3. The molecule has 9 nitrogen and oxygen atoms in total. The largest absolute Gasteiger partial charge is 0.444 e. The van der Waals surface area contributed by atoms with Crippen molar-refractivity contribution in [1.82, 2.24) is 25.7 Å². The first-order chi connectivity index (χ1) is 12.2. The molecule has 0 saturated carbocycles. The van der Waals surface area contributed by atoms with Gasteiger partial charge in [0.25, 0.3) is 11.8 Å². The summed E-state index contributed by atoms with van der Waals surface area (Å²) in [4.78, 5) is 45.2. The third-order valence-electron chi connectivity index (χ3n) is 3.56. The third kappa shape index (κ3) is 5.29. The fraction of sp³-hybridized carbons (Fsp3) is 0.562. The molecule has 2 N–H and O–H groups in total. The molecule has 0 aromatic carbocycles. The summed E-state index contributed by atoms with van der Waals surface area (Å²) in [5.41, 5.74) is 4.35. The molecule has 0 aliphatic carbocycles. The van der Waals surface area contributed by atoms with Crippen LogP contribution in [-0.4, -0.2) is 50.8 Å². The first-order valence-electron chi connectivity index (χ1n) is 8.18. The molecule has 1 atom stereocenters. The van der Waals surface area contributed by atoms with Gasteiger partial charge < -0.3 is 4.74 Å². The maximum Gasteiger partial charge on any atom is 0.410 e. The molecule has 0 bridgehead atoms. The van der Waals surface area contributed by atoms with Gasteiger partial charge >= 0.3 is 6.09 Å². The van der Waals surface area contributed by atoms with Crippen molar-refractivity contribution in [3.8, 4) is 0 Å². The lowest BCUT2D eigenvalue weighted by Crippen LogP contribution is -2.42. The van der Waals surface area contributed by atoms with E-state index in [4.69, 9.17) is 16.3 Å². The van der Waals surface area contributed by atoms with Gasteiger partial charge in [-0.2, -0.15) is 0 Å². The zero-order chi connectivity index (χ0) is 19.3. The van der Waals surface area contributed by atoms with Crippen LogP contribution < -0.4 is 10.9 Å². The number of alkyl halides is 1. The fourth-order valence-corrected chi connectivity index (χ4v) is 2.53. The van der Waals surface area contributed by atoms with Gasteiger partial charge in [0.2, 0.25) is 0 Å². The maximum absolute atomic E-state index is 12.3. The highest BCUT2D eigenvalue weighted by molar-refractivity contribution is 6.27. The average Bonchev–Trinajstić information content (AvgIpc) is 3.08. The summed E-state index contributed by atoms with van der Waals surface area (Å²) in [7, 11) is 0. The Morgan fingerprint density at radius 3 is 2.58 bits per heavy atom. The Kier molecular flexibility index (Phi) is 6.36. The van der Waals surface area contributed by atoms with Gasteiger partial charge in [0.15, 0.2) is 0 Å². The second kappa shape index (κ2) is 8.31. The van der Waals surface area contributed by atoms with Crippen LogP contribution in [0.15, 0.2) is 12.4 Å². The monoisotopic (exact) mass is 383 g/mol. The summed E-state index contributed by atoms with van der Waals surface area (Å²) < 4.78 is 5.42. The van der Waals surface area contributed by atoms with Crippen molar-refractivity contribution in [2.24, 2.45) is 0 Å². The average molecular weight is 384 g/mol. The molecule has 2 heterocycles. The van der Waals surface area contributed by atoms with Crippen LogP contribution in [0.2, 0.25) is 0 Å². The molecule has 1 aliphatic rings. The molecule has 2 rings (SSSR count). The van der Waals surface area contributed by atoms with Crippen LogP contribution in [0, 0.1) is 0 Å². The van der Waals surface area contributed by atoms with Gasteiger partial charge in [-0.25, -0.2) is 9.78 Å². The minimum absolute atomic E-state index is 0.0328. The summed E-state index contributed by atoms with van der Waals surface area (Å²) in [6.45, 7) is 6.01. The van der Waals surface area contributed by atoms with E-state index in [1.807, 2.05) is 20.8 Å². The van der Waals surface area contributed by atoms with E-state index in [2.05, 4.69) is 20.8 Å². The molecule has 1 aromatic rings. The van der Waals surface area contributed by atoms with Gasteiger partial charge in [0.1, 0.15) is 17.2 Å². The lowest BCUT2D eigenvalue weighted by atomic mass is 10.1. The molecule has 26 heavy (non-hydrogen) atoms. The lowest BCUT2D eigenvalue weighted by Gasteiger charge is -2.28. The minimum Gasteiger partial charge on any atom is -0.444 e. The van der Waals surface area contributed by atoms with E-state index in [9.17, 15) is 14.4 Å². The number of hydrogen-bond acceptors (Lipinski definition) is 6. The number of ether oxygens (including phenoxy) is 1. The Hall–Kier alpha value is -2.42. The highest BCUT2D eigenvalue weighted by Gasteiger charge is 2.34. The smallest absolute Gasteiger partial charge is 0.410 e. The molecule has 1 saturated heterocycles. The Morgan fingerprint density at radius 2 is 2.00 bits per heavy atom. The van der Waals surface area contributed by atoms with Gasteiger partial charge in [-0.1, -0.05) is 0 Å². The summed E-state index contributed by atoms with van der Waals surface area (Å²) in [6.07, 6.45) is 3.92. The molecule has 1 aromatic heterocycles. The van der Waals surface area contributed by atoms with E-state index in [1.54, 1.807) is 4.90 Å². The highest BCUT2D eigenvalue weighted by atomic mass is 35.5. The first kappa shape index (κ1) is 19.9. The predicted octanol–water partition coefficient (Wildman–Crippen LogP) is 1.55. The second-order valence-corrected chi connectivity index (χ2v) is 7.06. The van der Waals surface area contributed by atoms with Crippen LogP contribution in [0.1, 0.15) is 55.8 Å². The van der Waals surface area contributed by atoms with Crippen molar-refractivity contribution in [2.75, 3.05) is 12.4 Å². The molecular formula is C16H22ClN5O4. The van der Waals surface area contributed by atoms with Gasteiger partial charge in [-0.3, -0.25) is 30.3 Å². The predicted molar refractivity (Wildman–Crippen MR) is 93.3 cm³/mol. The fourth-order valence-electron chi connectivity index (χ4n) is 2.46. The summed E-state index contributed by atoms with van der Waals surface area (Å²) >= 11 is 5.32. The normalized spacial score (nSPS) is 16.9. The Balaban J connectivity index is 2.03. The topological polar surface area (TPSA) is 114 Å². The number of carbonyl (C=O) groups is 3. The number of nitrogens with one attached hydrogen (secondary N) is 2. The molecule has 142 valence electrons. The summed E-state index contributed by atoms with van der Waals surface area (Å²) in [6, 6.07) is -0.245. The summed E-state index contributed by atoms with van der Waals surface area (Å²) in [5.74, 6) is -1.42. The van der Waals surface area contributed by atoms with E-state index in [1.165, 1.54) is 12.4 Å². The van der Waals surface area contributed by atoms with Gasteiger partial charge in [0.05, 0.1) is 24.1 Å². The van der Waals surface area contributed by atoms with Crippen LogP contribution in [0.3, 0.4) is 0 Å². The van der Waals surface area contributed by atoms with Crippen LogP contribution in [0.25, 0.3) is 0 Å². The Labute approximate surface area is 156 Å². The second-order valence-electron chi connectivity index (χ2n) is 6.79. The molecule has 3 amide bonds. The van der Waals surface area contributed by atoms with E-state index in [0.29, 0.717) is 12.2 Å². The number of rotatable bonds is 3. The van der Waals surface area contributed by atoms with Crippen molar-refractivity contribution in [3.63, 3.8) is 0 Å². The number of hydrazine groups is 1. The number of aromatic nitrogens is 2. The Morgan fingerprint density at radius 1 is 1.27 bits per heavy atom. The maximum atomic E-state index is 12.3. The first-order valence-corrected chi connectivity index (χ1v) is 8.71. The van der Waals surface area contributed by atoms with Crippen molar-refractivity contribution >= 4 is 29.5 Å². The SMILES string of the molecule is CC(C)(C)OC(=O)N1CCCC1c1cnc(C(=O)NNC(=O)CCl)cn1. The summed E-state index contributed by atoms with van der Waals surface area (Å²) in [5, 5.41) is 0. The number of likely N-dealkylation sites (tertiary alicyclic amines) is 1. The zero-order valence-corrected chi connectivity index (χ0v) is 15.7. The standard InChI is InChI=1S/C16H22ClN5O4/c1-16(2,3)26-15(25)22-6-4-5-12(22)10-8-19-11(9-18-10)14(24)21-20-13(23)7-17/h8-9,12H,4-7H2,1-3H3,(H,20,23)(H,21,24). The van der Waals surface area contributed by atoms with Gasteiger partial charge in [0, 0.05) is 6.54 Å². The van der Waals surface area contributed by atoms with Gasteiger partial charge in [-0.05, 0) is 33.6 Å². The van der Waals surface area contributed by atoms with Crippen LogP contribution in [0.5, 0.6) is 0 Å². The third-order valence-corrected chi connectivity index (χ3v) is 3.81. The number of halogens is 1. The van der Waals surface area contributed by atoms with Crippen LogP contribution >= 0.6 is 11.6 Å². The molecule has 10 heteroatoms. The molecule has 0 radical (unpaired) electrons. The van der Waals surface area contributed by atoms with Crippen molar-refractivity contribution in [2.45, 2.75) is 45.3 Å². The molecule has 1 fully saturated rings. The van der Waals surface area contributed by atoms with E-state index >= 15 is 0 Å². The van der Waals surface area contributed by atoms with Crippen molar-refractivity contribution in [3.05, 3.63) is 23.8 Å². The molecular weight excluding hydrogens is 362 g/mol. The quantitative estimate of drug-likeness (QED) is 0.604. The van der Waals surface area contributed by atoms with Crippen LogP contribution in [0.4, 0.5) is 4.79 Å². The van der Waals surface area contributed by atoms with E-state index in [0.717, 1.165) is 12.8 Å². The molecule has 1 unspecified atom stereocenters. The number of hydrogen-bond donors (Lipinski definition) is 2. The van der Waals surface area contributed by atoms with Crippen molar-refractivity contribution in [1.29, 1.82) is 0 Å². The molecule has 0 spiro atoms. The number of carbonyl (C=O) groups excluding carboxylic acids is 3. The van der Waals surface area contributed by atoms with Crippen LogP contribution in [-0.2, 0) is 9.53 Å². The Bertz CT molecular complexity index is 674. The zero-order valence-electron chi connectivity index (χ0n) is 14.9. The minimum atomic E-state index is -0.613.